The second kappa shape index (κ2) is 4.88. The van der Waals surface area contributed by atoms with Gasteiger partial charge in [-0.3, -0.25) is 4.79 Å². The van der Waals surface area contributed by atoms with E-state index < -0.39 is 0 Å². The Morgan fingerprint density at radius 1 is 1.61 bits per heavy atom. The summed E-state index contributed by atoms with van der Waals surface area (Å²) < 4.78 is 1.73. The molecule has 2 rings (SSSR count). The number of amides is 1. The van der Waals surface area contributed by atoms with Gasteiger partial charge < -0.3 is 15.6 Å². The summed E-state index contributed by atoms with van der Waals surface area (Å²) in [6, 6.07) is 1.96. The summed E-state index contributed by atoms with van der Waals surface area (Å²) in [5.41, 5.74) is 7.28. The Labute approximate surface area is 108 Å². The summed E-state index contributed by atoms with van der Waals surface area (Å²) in [6.07, 6.45) is 5.48. The van der Waals surface area contributed by atoms with Gasteiger partial charge in [0.15, 0.2) is 0 Å². The third-order valence-corrected chi connectivity index (χ3v) is 3.80. The minimum Gasteiger partial charge on any atom is -0.384 e. The van der Waals surface area contributed by atoms with E-state index in [0.29, 0.717) is 17.3 Å². The zero-order chi connectivity index (χ0) is 13.3. The molecule has 1 heterocycles. The molecule has 0 aliphatic heterocycles. The minimum atomic E-state index is -0.0908. The molecule has 98 valence electrons. The van der Waals surface area contributed by atoms with E-state index in [1.54, 1.807) is 16.8 Å². The van der Waals surface area contributed by atoms with E-state index in [1.165, 1.54) is 19.3 Å². The van der Waals surface area contributed by atoms with Crippen molar-refractivity contribution in [3.05, 3.63) is 24.4 Å². The third-order valence-electron chi connectivity index (χ3n) is 3.80. The molecular weight excluding hydrogens is 226 g/mol. The molecule has 1 fully saturated rings. The number of hydrogen-bond acceptors (Lipinski definition) is 2. The van der Waals surface area contributed by atoms with Gasteiger partial charge in [-0.1, -0.05) is 13.0 Å². The average molecular weight is 247 g/mol. The number of hydrogen-bond donors (Lipinski definition) is 2. The summed E-state index contributed by atoms with van der Waals surface area (Å²) in [7, 11) is 0. The quantitative estimate of drug-likeness (QED) is 0.858. The third kappa shape index (κ3) is 2.28. The fourth-order valence-corrected chi connectivity index (χ4v) is 2.31. The number of carbonyl (C=O) groups is 1. The summed E-state index contributed by atoms with van der Waals surface area (Å²) in [4.78, 5) is 12.1. The number of nitrogen functional groups attached to an aromatic ring is 1. The Morgan fingerprint density at radius 3 is 2.72 bits per heavy atom. The first-order chi connectivity index (χ1) is 8.50. The number of carbonyl (C=O) groups excluding carboxylic acids is 1. The van der Waals surface area contributed by atoms with E-state index in [2.05, 4.69) is 18.8 Å². The second-order valence-corrected chi connectivity index (χ2v) is 5.17. The van der Waals surface area contributed by atoms with Gasteiger partial charge >= 0.3 is 0 Å². The number of nitrogens with one attached hydrogen (secondary N) is 1. The number of aromatic nitrogens is 1. The molecule has 0 radical (unpaired) electrons. The van der Waals surface area contributed by atoms with Crippen LogP contribution in [0.15, 0.2) is 18.8 Å². The van der Waals surface area contributed by atoms with E-state index in [-0.39, 0.29) is 11.9 Å². The number of anilines is 1. The van der Waals surface area contributed by atoms with Crippen LogP contribution in [0.1, 0.15) is 43.5 Å². The van der Waals surface area contributed by atoms with Gasteiger partial charge in [0.1, 0.15) is 5.82 Å². The van der Waals surface area contributed by atoms with Crippen LogP contribution in [0.3, 0.4) is 0 Å². The Bertz CT molecular complexity index is 471. The maximum Gasteiger partial charge on any atom is 0.255 e. The van der Waals surface area contributed by atoms with Crippen LogP contribution in [-0.4, -0.2) is 16.5 Å². The van der Waals surface area contributed by atoms with Crippen molar-refractivity contribution in [2.24, 2.45) is 5.92 Å². The average Bonchev–Trinajstić information content (AvgIpc) is 2.56. The van der Waals surface area contributed by atoms with E-state index in [1.807, 2.05) is 6.92 Å². The molecule has 18 heavy (non-hydrogen) atoms. The molecular formula is C14H21N3O. The lowest BCUT2D eigenvalue weighted by Crippen LogP contribution is -2.40. The standard InChI is InChI=1S/C14H21N3O/c1-9(2)17-8-7-12(13(17)15)14(18)16-10(3)11-5-4-6-11/h7-8,10-11H,1,4-6,15H2,2-3H3,(H,16,18). The Balaban J connectivity index is 2.06. The maximum absolute atomic E-state index is 12.1. The molecule has 1 aliphatic rings. The zero-order valence-corrected chi connectivity index (χ0v) is 11.1. The minimum absolute atomic E-state index is 0.0908. The maximum atomic E-state index is 12.1. The first-order valence-corrected chi connectivity index (χ1v) is 6.44. The van der Waals surface area contributed by atoms with Crippen LogP contribution in [0.5, 0.6) is 0 Å². The fourth-order valence-electron chi connectivity index (χ4n) is 2.31. The van der Waals surface area contributed by atoms with Crippen LogP contribution >= 0.6 is 0 Å². The van der Waals surface area contributed by atoms with Gasteiger partial charge in [0.05, 0.1) is 5.56 Å². The highest BCUT2D eigenvalue weighted by molar-refractivity contribution is 5.99. The highest BCUT2D eigenvalue weighted by Gasteiger charge is 2.26. The number of nitrogens with two attached hydrogens (primary N) is 1. The number of allylic oxidation sites excluding steroid dienone is 1. The predicted octanol–water partition coefficient (Wildman–Crippen LogP) is 2.48. The van der Waals surface area contributed by atoms with E-state index in [0.717, 1.165) is 5.70 Å². The molecule has 0 saturated heterocycles. The number of rotatable bonds is 4. The largest absolute Gasteiger partial charge is 0.384 e. The first-order valence-electron chi connectivity index (χ1n) is 6.44. The van der Waals surface area contributed by atoms with Crippen LogP contribution in [0.4, 0.5) is 5.82 Å². The van der Waals surface area contributed by atoms with Crippen molar-refractivity contribution >= 4 is 17.4 Å². The fraction of sp³-hybridized carbons (Fsp3) is 0.500. The van der Waals surface area contributed by atoms with Crippen molar-refractivity contribution in [2.75, 3.05) is 5.73 Å². The summed E-state index contributed by atoms with van der Waals surface area (Å²) in [6.45, 7) is 7.74. The van der Waals surface area contributed by atoms with Crippen molar-refractivity contribution in [1.82, 2.24) is 9.88 Å². The van der Waals surface area contributed by atoms with Crippen molar-refractivity contribution in [3.63, 3.8) is 0 Å². The lowest BCUT2D eigenvalue weighted by atomic mass is 9.80. The van der Waals surface area contributed by atoms with Crippen LogP contribution in [0, 0.1) is 5.92 Å². The highest BCUT2D eigenvalue weighted by Crippen LogP contribution is 2.29. The summed E-state index contributed by atoms with van der Waals surface area (Å²) in [5, 5.41) is 3.03. The molecule has 0 bridgehead atoms. The molecule has 1 aliphatic carbocycles. The van der Waals surface area contributed by atoms with Crippen LogP contribution < -0.4 is 11.1 Å². The molecule has 1 amide bonds. The smallest absolute Gasteiger partial charge is 0.255 e. The van der Waals surface area contributed by atoms with Gasteiger partial charge in [-0.15, -0.1) is 0 Å². The lowest BCUT2D eigenvalue weighted by Gasteiger charge is -2.31. The van der Waals surface area contributed by atoms with Crippen LogP contribution in [0.25, 0.3) is 5.70 Å². The second-order valence-electron chi connectivity index (χ2n) is 5.17. The highest BCUT2D eigenvalue weighted by atomic mass is 16.1. The topological polar surface area (TPSA) is 60.0 Å². The lowest BCUT2D eigenvalue weighted by molar-refractivity contribution is 0.0910. The van der Waals surface area contributed by atoms with Gasteiger partial charge in [0.2, 0.25) is 0 Å². The van der Waals surface area contributed by atoms with Crippen molar-refractivity contribution in [2.45, 2.75) is 39.2 Å². The summed E-state index contributed by atoms with van der Waals surface area (Å²) >= 11 is 0. The first kappa shape index (κ1) is 12.7. The van der Waals surface area contributed by atoms with Crippen LogP contribution in [0.2, 0.25) is 0 Å². The molecule has 1 atom stereocenters. The molecule has 1 aromatic heterocycles. The van der Waals surface area contributed by atoms with Crippen molar-refractivity contribution in [1.29, 1.82) is 0 Å². The molecule has 0 aromatic carbocycles. The van der Waals surface area contributed by atoms with Gasteiger partial charge in [-0.05, 0) is 38.7 Å². The Hall–Kier alpha value is -1.71. The van der Waals surface area contributed by atoms with Crippen molar-refractivity contribution < 1.29 is 4.79 Å². The Morgan fingerprint density at radius 2 is 2.28 bits per heavy atom. The van der Waals surface area contributed by atoms with Crippen LogP contribution in [-0.2, 0) is 0 Å². The zero-order valence-electron chi connectivity index (χ0n) is 11.1. The summed E-state index contributed by atoms with van der Waals surface area (Å²) in [5.74, 6) is 0.992. The van der Waals surface area contributed by atoms with E-state index in [9.17, 15) is 4.79 Å². The van der Waals surface area contributed by atoms with Gasteiger partial charge in [-0.2, -0.15) is 0 Å². The van der Waals surface area contributed by atoms with Gasteiger partial charge in [-0.25, -0.2) is 0 Å². The van der Waals surface area contributed by atoms with Gasteiger partial charge in [0.25, 0.3) is 5.91 Å². The SMILES string of the molecule is C=C(C)n1ccc(C(=O)NC(C)C2CCC2)c1N. The Kier molecular flexibility index (Phi) is 3.45. The van der Waals surface area contributed by atoms with E-state index >= 15 is 0 Å². The normalized spacial score (nSPS) is 17.0. The van der Waals surface area contributed by atoms with Gasteiger partial charge in [0, 0.05) is 17.9 Å². The van der Waals surface area contributed by atoms with E-state index in [4.69, 9.17) is 5.73 Å². The molecule has 1 aromatic rings. The molecule has 3 N–H and O–H groups in total. The number of nitrogens with zero attached hydrogens (tertiary/aromatic N) is 1. The predicted molar refractivity (Wildman–Crippen MR) is 74.1 cm³/mol. The molecule has 1 saturated carbocycles. The molecule has 1 unspecified atom stereocenters. The van der Waals surface area contributed by atoms with Crippen molar-refractivity contribution in [3.8, 4) is 0 Å². The molecule has 0 spiro atoms. The molecule has 4 nitrogen and oxygen atoms in total. The molecule has 4 heteroatoms. The monoisotopic (exact) mass is 247 g/mol.